The fourth-order valence-electron chi connectivity index (χ4n) is 3.46. The first-order chi connectivity index (χ1) is 15.3. The highest BCUT2D eigenvalue weighted by Gasteiger charge is 2.41. The van der Waals surface area contributed by atoms with Crippen LogP contribution in [0.25, 0.3) is 6.08 Å². The molecule has 2 rings (SSSR count). The molecule has 1 heterocycles. The van der Waals surface area contributed by atoms with Crippen LogP contribution in [0.3, 0.4) is 0 Å². The van der Waals surface area contributed by atoms with E-state index in [0.717, 1.165) is 11.5 Å². The largest absolute Gasteiger partial charge is 0.464 e. The summed E-state index contributed by atoms with van der Waals surface area (Å²) < 4.78 is 4.81. The van der Waals surface area contributed by atoms with Gasteiger partial charge in [-0.05, 0) is 48.3 Å². The van der Waals surface area contributed by atoms with Crippen LogP contribution in [-0.2, 0) is 23.9 Å². The molecule has 1 aromatic rings. The Morgan fingerprint density at radius 3 is 2.38 bits per heavy atom. The maximum Gasteiger partial charge on any atom is 0.354 e. The highest BCUT2D eigenvalue weighted by Crippen LogP contribution is 2.27. The van der Waals surface area contributed by atoms with Crippen molar-refractivity contribution in [3.05, 3.63) is 41.6 Å². The van der Waals surface area contributed by atoms with Crippen molar-refractivity contribution < 1.29 is 23.9 Å². The van der Waals surface area contributed by atoms with E-state index in [-0.39, 0.29) is 11.6 Å². The standard InChI is InChI=1S/C23H31N3O5S/c1-16(2)13-18(26-22(30)23(24-15-27)9-11-32-12-10-23)20(28)25-19(21(29)31-3)14-17-7-5-4-6-8-17/h4-8,14-16,18H,9-13H2,1-3H3,(H,24,27)(H,25,28)(H,26,30)/b19-14-/t18-/m0/s1. The van der Waals surface area contributed by atoms with Gasteiger partial charge in [-0.1, -0.05) is 44.2 Å². The van der Waals surface area contributed by atoms with Crippen LogP contribution < -0.4 is 16.0 Å². The van der Waals surface area contributed by atoms with E-state index in [1.54, 1.807) is 23.9 Å². The molecular formula is C23H31N3O5S. The number of benzene rings is 1. The third-order valence-corrected chi connectivity index (χ3v) is 6.20. The van der Waals surface area contributed by atoms with Gasteiger partial charge in [-0.2, -0.15) is 11.8 Å². The Labute approximate surface area is 192 Å². The zero-order valence-corrected chi connectivity index (χ0v) is 19.5. The molecule has 0 aromatic heterocycles. The lowest BCUT2D eigenvalue weighted by molar-refractivity contribution is -0.138. The molecule has 1 fully saturated rings. The van der Waals surface area contributed by atoms with Gasteiger partial charge in [0.1, 0.15) is 17.3 Å². The molecule has 1 aliphatic heterocycles. The average Bonchev–Trinajstić information content (AvgIpc) is 2.78. The summed E-state index contributed by atoms with van der Waals surface area (Å²) in [6, 6.07) is 8.16. The van der Waals surface area contributed by atoms with E-state index in [0.29, 0.717) is 31.2 Å². The van der Waals surface area contributed by atoms with Crippen molar-refractivity contribution in [2.45, 2.75) is 44.7 Å². The van der Waals surface area contributed by atoms with Gasteiger partial charge in [0.2, 0.25) is 18.2 Å². The molecule has 3 amide bonds. The van der Waals surface area contributed by atoms with E-state index < -0.39 is 29.4 Å². The lowest BCUT2D eigenvalue weighted by Crippen LogP contribution is -2.61. The highest BCUT2D eigenvalue weighted by atomic mass is 32.2. The minimum absolute atomic E-state index is 0.0264. The van der Waals surface area contributed by atoms with E-state index >= 15 is 0 Å². The van der Waals surface area contributed by atoms with Crippen molar-refractivity contribution in [3.63, 3.8) is 0 Å². The Hall–Kier alpha value is -2.81. The lowest BCUT2D eigenvalue weighted by atomic mass is 9.90. The number of rotatable bonds is 10. The summed E-state index contributed by atoms with van der Waals surface area (Å²) in [5.74, 6) is -0.0327. The number of amides is 3. The molecule has 174 valence electrons. The Balaban J connectivity index is 2.23. The number of carbonyl (C=O) groups excluding carboxylic acids is 4. The number of ether oxygens (including phenoxy) is 1. The van der Waals surface area contributed by atoms with Gasteiger partial charge in [0.25, 0.3) is 0 Å². The van der Waals surface area contributed by atoms with Crippen molar-refractivity contribution >= 4 is 42.0 Å². The van der Waals surface area contributed by atoms with Crippen LogP contribution in [0.4, 0.5) is 0 Å². The zero-order chi connectivity index (χ0) is 23.6. The van der Waals surface area contributed by atoms with Gasteiger partial charge in [0, 0.05) is 0 Å². The molecule has 3 N–H and O–H groups in total. The highest BCUT2D eigenvalue weighted by molar-refractivity contribution is 7.99. The van der Waals surface area contributed by atoms with Crippen LogP contribution in [0.2, 0.25) is 0 Å². The van der Waals surface area contributed by atoms with Gasteiger partial charge < -0.3 is 20.7 Å². The third kappa shape index (κ3) is 7.12. The normalized spacial score (nSPS) is 16.6. The summed E-state index contributed by atoms with van der Waals surface area (Å²) in [5.41, 5.74) is -0.346. The number of thioether (sulfide) groups is 1. The first-order valence-electron chi connectivity index (χ1n) is 10.6. The Morgan fingerprint density at radius 1 is 1.16 bits per heavy atom. The topological polar surface area (TPSA) is 114 Å². The zero-order valence-electron chi connectivity index (χ0n) is 18.7. The van der Waals surface area contributed by atoms with Gasteiger partial charge in [-0.3, -0.25) is 14.4 Å². The van der Waals surface area contributed by atoms with Crippen molar-refractivity contribution in [2.75, 3.05) is 18.6 Å². The molecule has 1 atom stereocenters. The minimum Gasteiger partial charge on any atom is -0.464 e. The second-order valence-corrected chi connectivity index (χ2v) is 9.29. The maximum absolute atomic E-state index is 13.1. The number of methoxy groups -OCH3 is 1. The average molecular weight is 462 g/mol. The summed E-state index contributed by atoms with van der Waals surface area (Å²) >= 11 is 1.72. The number of hydrogen-bond acceptors (Lipinski definition) is 6. The Bertz CT molecular complexity index is 835. The van der Waals surface area contributed by atoms with Crippen LogP contribution in [-0.4, -0.2) is 54.4 Å². The monoisotopic (exact) mass is 461 g/mol. The predicted molar refractivity (Wildman–Crippen MR) is 124 cm³/mol. The molecule has 9 heteroatoms. The Kier molecular flexibility index (Phi) is 9.77. The third-order valence-electron chi connectivity index (χ3n) is 5.22. The summed E-state index contributed by atoms with van der Waals surface area (Å²) in [7, 11) is 1.23. The lowest BCUT2D eigenvalue weighted by Gasteiger charge is -2.36. The molecule has 0 radical (unpaired) electrons. The fraction of sp³-hybridized carbons (Fsp3) is 0.478. The van der Waals surface area contributed by atoms with E-state index in [9.17, 15) is 19.2 Å². The molecule has 1 aromatic carbocycles. The summed E-state index contributed by atoms with van der Waals surface area (Å²) in [4.78, 5) is 49.7. The summed E-state index contributed by atoms with van der Waals surface area (Å²) in [6.45, 7) is 3.87. The molecular weight excluding hydrogens is 430 g/mol. The van der Waals surface area contributed by atoms with Gasteiger partial charge in [0.15, 0.2) is 0 Å². The maximum atomic E-state index is 13.1. The number of carbonyl (C=O) groups is 4. The van der Waals surface area contributed by atoms with E-state index in [1.807, 2.05) is 32.0 Å². The Morgan fingerprint density at radius 2 is 1.81 bits per heavy atom. The van der Waals surface area contributed by atoms with E-state index in [1.165, 1.54) is 13.2 Å². The first-order valence-corrected chi connectivity index (χ1v) is 11.7. The number of hydrogen-bond donors (Lipinski definition) is 3. The molecule has 1 saturated heterocycles. The van der Waals surface area contributed by atoms with E-state index in [2.05, 4.69) is 16.0 Å². The molecule has 0 saturated carbocycles. The molecule has 1 aliphatic rings. The van der Waals surface area contributed by atoms with Crippen LogP contribution in [0, 0.1) is 5.92 Å². The molecule has 0 bridgehead atoms. The number of esters is 1. The molecule has 8 nitrogen and oxygen atoms in total. The summed E-state index contributed by atoms with van der Waals surface area (Å²) in [5, 5.41) is 8.10. The van der Waals surface area contributed by atoms with Crippen LogP contribution in [0.5, 0.6) is 0 Å². The quantitative estimate of drug-likeness (QED) is 0.278. The molecule has 0 aliphatic carbocycles. The summed E-state index contributed by atoms with van der Waals surface area (Å²) in [6.07, 6.45) is 3.39. The van der Waals surface area contributed by atoms with Crippen molar-refractivity contribution in [1.82, 2.24) is 16.0 Å². The smallest absolute Gasteiger partial charge is 0.354 e. The van der Waals surface area contributed by atoms with Gasteiger partial charge >= 0.3 is 5.97 Å². The van der Waals surface area contributed by atoms with Crippen LogP contribution in [0.1, 0.15) is 38.7 Å². The van der Waals surface area contributed by atoms with Gasteiger partial charge in [-0.25, -0.2) is 4.79 Å². The molecule has 0 spiro atoms. The van der Waals surface area contributed by atoms with E-state index in [4.69, 9.17) is 4.74 Å². The number of nitrogens with one attached hydrogen (secondary N) is 3. The SMILES string of the molecule is COC(=O)/C(=C/c1ccccc1)NC(=O)[C@H](CC(C)C)NC(=O)C1(NC=O)CCSCC1. The molecule has 0 unspecified atom stereocenters. The van der Waals surface area contributed by atoms with Gasteiger partial charge in [-0.15, -0.1) is 0 Å². The van der Waals surface area contributed by atoms with Crippen molar-refractivity contribution in [3.8, 4) is 0 Å². The second kappa shape index (κ2) is 12.3. The van der Waals surface area contributed by atoms with Crippen LogP contribution >= 0.6 is 11.8 Å². The minimum atomic E-state index is -1.03. The van der Waals surface area contributed by atoms with Crippen molar-refractivity contribution in [2.24, 2.45) is 5.92 Å². The molecule has 32 heavy (non-hydrogen) atoms. The fourth-order valence-corrected chi connectivity index (χ4v) is 4.65. The van der Waals surface area contributed by atoms with Crippen LogP contribution in [0.15, 0.2) is 36.0 Å². The van der Waals surface area contributed by atoms with Crippen molar-refractivity contribution in [1.29, 1.82) is 0 Å². The first kappa shape index (κ1) is 25.5. The second-order valence-electron chi connectivity index (χ2n) is 8.06. The van der Waals surface area contributed by atoms with Gasteiger partial charge in [0.05, 0.1) is 7.11 Å². The predicted octanol–water partition coefficient (Wildman–Crippen LogP) is 1.86.